The van der Waals surface area contributed by atoms with Crippen molar-refractivity contribution in [1.29, 1.82) is 0 Å². The Bertz CT molecular complexity index is 869. The quantitative estimate of drug-likeness (QED) is 0.734. The minimum atomic E-state index is -0.338. The van der Waals surface area contributed by atoms with E-state index < -0.39 is 0 Å². The first kappa shape index (κ1) is 21.2. The molecule has 0 radical (unpaired) electrons. The number of morpholine rings is 1. The minimum absolute atomic E-state index is 0.0467. The zero-order valence-corrected chi connectivity index (χ0v) is 18.5. The summed E-state index contributed by atoms with van der Waals surface area (Å²) in [6.45, 7) is 8.09. The van der Waals surface area contributed by atoms with Gasteiger partial charge in [0.05, 0.1) is 25.1 Å². The fourth-order valence-electron chi connectivity index (χ4n) is 4.13. The lowest BCUT2D eigenvalue weighted by molar-refractivity contribution is -0.0129. The van der Waals surface area contributed by atoms with Gasteiger partial charge in [0.1, 0.15) is 0 Å². The summed E-state index contributed by atoms with van der Waals surface area (Å²) in [6, 6.07) is 7.99. The Morgan fingerprint density at radius 2 is 2.03 bits per heavy atom. The zero-order valence-electron chi connectivity index (χ0n) is 17.6. The lowest BCUT2D eigenvalue weighted by Crippen LogP contribution is -2.59. The van der Waals surface area contributed by atoms with Gasteiger partial charge < -0.3 is 15.2 Å². The topological polar surface area (TPSA) is 79.6 Å². The van der Waals surface area contributed by atoms with E-state index in [1.807, 2.05) is 36.0 Å². The average Bonchev–Trinajstić information content (AvgIpc) is 3.40. The Labute approximate surface area is 181 Å². The molecular formula is C22H30N4O3S. The van der Waals surface area contributed by atoms with Crippen LogP contribution in [0.1, 0.15) is 42.2 Å². The van der Waals surface area contributed by atoms with E-state index in [0.29, 0.717) is 12.5 Å². The Morgan fingerprint density at radius 3 is 2.67 bits per heavy atom. The number of nitrogens with one attached hydrogen (secondary N) is 1. The fraction of sp³-hybridized carbons (Fsp3) is 0.545. The second-order valence-electron chi connectivity index (χ2n) is 8.36. The van der Waals surface area contributed by atoms with Gasteiger partial charge in [0.15, 0.2) is 11.4 Å². The predicted molar refractivity (Wildman–Crippen MR) is 119 cm³/mol. The Balaban J connectivity index is 1.45. The highest BCUT2D eigenvalue weighted by molar-refractivity contribution is 7.99. The normalized spacial score (nSPS) is 22.5. The molecule has 1 amide bonds. The van der Waals surface area contributed by atoms with E-state index in [2.05, 4.69) is 29.2 Å². The first-order valence-corrected chi connectivity index (χ1v) is 11.7. The van der Waals surface area contributed by atoms with Crippen molar-refractivity contribution in [2.75, 3.05) is 44.4 Å². The van der Waals surface area contributed by atoms with Gasteiger partial charge in [-0.1, -0.05) is 26.0 Å². The maximum atomic E-state index is 12.8. The molecule has 2 aliphatic heterocycles. The molecule has 0 aliphatic carbocycles. The highest BCUT2D eigenvalue weighted by Gasteiger charge is 2.41. The van der Waals surface area contributed by atoms with Gasteiger partial charge in [-0.15, -0.1) is 0 Å². The number of carbonyl (C=O) groups is 1. The number of carbonyl (C=O) groups excluding carboxylic acids is 1. The van der Waals surface area contributed by atoms with Crippen LogP contribution in [0.25, 0.3) is 5.69 Å². The van der Waals surface area contributed by atoms with Gasteiger partial charge in [-0.25, -0.2) is 4.68 Å². The molecule has 2 fully saturated rings. The van der Waals surface area contributed by atoms with Crippen LogP contribution in [-0.4, -0.2) is 75.6 Å². The highest BCUT2D eigenvalue weighted by Crippen LogP contribution is 2.33. The van der Waals surface area contributed by atoms with Crippen LogP contribution in [0.3, 0.4) is 0 Å². The van der Waals surface area contributed by atoms with Crippen LogP contribution in [-0.2, 0) is 4.74 Å². The minimum Gasteiger partial charge on any atom is -0.504 e. The van der Waals surface area contributed by atoms with Crippen molar-refractivity contribution in [2.45, 2.75) is 31.7 Å². The third-order valence-corrected chi connectivity index (χ3v) is 7.31. The standard InChI is InChI=1S/C22H30N4O3S/c1-16(2)17-3-5-18(6-4-17)26-13-19(27)20(24-26)21(28)23-14-22(7-12-30-15-22)25-8-10-29-11-9-25/h3-6,13,16,27H,7-12,14-15H2,1-2H3,(H,23,28). The number of aromatic nitrogens is 2. The van der Waals surface area contributed by atoms with E-state index in [0.717, 1.165) is 49.9 Å². The average molecular weight is 431 g/mol. The maximum Gasteiger partial charge on any atom is 0.275 e. The third-order valence-electron chi connectivity index (χ3n) is 6.08. The summed E-state index contributed by atoms with van der Waals surface area (Å²) in [5.74, 6) is 2.09. The molecule has 0 bridgehead atoms. The first-order valence-electron chi connectivity index (χ1n) is 10.6. The lowest BCUT2D eigenvalue weighted by atomic mass is 9.95. The van der Waals surface area contributed by atoms with Gasteiger partial charge in [-0.05, 0) is 35.8 Å². The largest absolute Gasteiger partial charge is 0.504 e. The van der Waals surface area contributed by atoms with Crippen LogP contribution in [0.2, 0.25) is 0 Å². The summed E-state index contributed by atoms with van der Waals surface area (Å²) < 4.78 is 7.05. The molecule has 0 spiro atoms. The summed E-state index contributed by atoms with van der Waals surface area (Å²) in [4.78, 5) is 15.3. The Morgan fingerprint density at radius 1 is 1.30 bits per heavy atom. The van der Waals surface area contributed by atoms with Crippen molar-refractivity contribution in [3.05, 3.63) is 41.7 Å². The molecule has 3 heterocycles. The number of hydrogen-bond acceptors (Lipinski definition) is 6. The number of ether oxygens (including phenoxy) is 1. The van der Waals surface area contributed by atoms with E-state index >= 15 is 0 Å². The third kappa shape index (κ3) is 4.36. The number of rotatable bonds is 6. The molecule has 162 valence electrons. The van der Waals surface area contributed by atoms with Crippen LogP contribution >= 0.6 is 11.8 Å². The summed E-state index contributed by atoms with van der Waals surface area (Å²) in [6.07, 6.45) is 2.53. The van der Waals surface area contributed by atoms with E-state index in [9.17, 15) is 9.90 Å². The van der Waals surface area contributed by atoms with Gasteiger partial charge in [0.25, 0.3) is 5.91 Å². The van der Waals surface area contributed by atoms with Crippen molar-refractivity contribution < 1.29 is 14.6 Å². The molecule has 1 aromatic carbocycles. The van der Waals surface area contributed by atoms with E-state index in [1.54, 1.807) is 4.68 Å². The van der Waals surface area contributed by atoms with Gasteiger partial charge in [0.2, 0.25) is 0 Å². The summed E-state index contributed by atoms with van der Waals surface area (Å²) in [5.41, 5.74) is 2.06. The van der Waals surface area contributed by atoms with Crippen molar-refractivity contribution in [2.24, 2.45) is 0 Å². The molecule has 2 aliphatic rings. The molecular weight excluding hydrogens is 400 g/mol. The molecule has 2 saturated heterocycles. The van der Waals surface area contributed by atoms with Crippen molar-refractivity contribution in [1.82, 2.24) is 20.0 Å². The molecule has 0 saturated carbocycles. The van der Waals surface area contributed by atoms with Crippen LogP contribution in [0, 0.1) is 0 Å². The Hall–Kier alpha value is -2.03. The number of aromatic hydroxyl groups is 1. The van der Waals surface area contributed by atoms with Crippen molar-refractivity contribution in [3.8, 4) is 11.4 Å². The van der Waals surface area contributed by atoms with Crippen LogP contribution in [0.4, 0.5) is 0 Å². The number of hydrogen-bond donors (Lipinski definition) is 2. The molecule has 4 rings (SSSR count). The highest BCUT2D eigenvalue weighted by atomic mass is 32.2. The van der Waals surface area contributed by atoms with Gasteiger partial charge in [0, 0.05) is 30.9 Å². The molecule has 1 atom stereocenters. The lowest BCUT2D eigenvalue weighted by Gasteiger charge is -2.43. The van der Waals surface area contributed by atoms with Crippen LogP contribution < -0.4 is 5.32 Å². The van der Waals surface area contributed by atoms with E-state index in [4.69, 9.17) is 4.74 Å². The monoisotopic (exact) mass is 430 g/mol. The summed E-state index contributed by atoms with van der Waals surface area (Å²) in [5, 5.41) is 17.7. The van der Waals surface area contributed by atoms with Gasteiger partial charge >= 0.3 is 0 Å². The molecule has 2 N–H and O–H groups in total. The van der Waals surface area contributed by atoms with Gasteiger partial charge in [-0.2, -0.15) is 16.9 Å². The maximum absolute atomic E-state index is 12.8. The van der Waals surface area contributed by atoms with Crippen molar-refractivity contribution in [3.63, 3.8) is 0 Å². The van der Waals surface area contributed by atoms with Crippen molar-refractivity contribution >= 4 is 17.7 Å². The predicted octanol–water partition coefficient (Wildman–Crippen LogP) is 2.64. The number of nitrogens with zero attached hydrogens (tertiary/aromatic N) is 3. The molecule has 1 aromatic heterocycles. The molecule has 1 unspecified atom stereocenters. The summed E-state index contributed by atoms with van der Waals surface area (Å²) in [7, 11) is 0. The number of benzene rings is 1. The molecule has 8 heteroatoms. The second kappa shape index (κ2) is 8.99. The molecule has 2 aromatic rings. The second-order valence-corrected chi connectivity index (χ2v) is 9.47. The van der Waals surface area contributed by atoms with Crippen LogP contribution in [0.5, 0.6) is 5.75 Å². The molecule has 7 nitrogen and oxygen atoms in total. The molecule has 30 heavy (non-hydrogen) atoms. The van der Waals surface area contributed by atoms with E-state index in [1.165, 1.54) is 11.8 Å². The number of thioether (sulfide) groups is 1. The SMILES string of the molecule is CC(C)c1ccc(-n2cc(O)c(C(=O)NCC3(N4CCOCC4)CCSC3)n2)cc1. The van der Waals surface area contributed by atoms with E-state index in [-0.39, 0.29) is 22.9 Å². The van der Waals surface area contributed by atoms with Crippen LogP contribution in [0.15, 0.2) is 30.5 Å². The summed E-state index contributed by atoms with van der Waals surface area (Å²) >= 11 is 1.93. The Kier molecular flexibility index (Phi) is 6.36. The number of amides is 1. The first-order chi connectivity index (χ1) is 14.5. The fourth-order valence-corrected chi connectivity index (χ4v) is 5.61. The smallest absolute Gasteiger partial charge is 0.275 e. The zero-order chi connectivity index (χ0) is 21.1. The van der Waals surface area contributed by atoms with Gasteiger partial charge in [-0.3, -0.25) is 9.69 Å².